The Hall–Kier alpha value is -0.410. The van der Waals surface area contributed by atoms with E-state index in [1.165, 1.54) is 43.6 Å². The van der Waals surface area contributed by atoms with Gasteiger partial charge < -0.3 is 15.5 Å². The van der Waals surface area contributed by atoms with Gasteiger partial charge in [0.15, 0.2) is 5.96 Å². The molecule has 0 atom stereocenters. The summed E-state index contributed by atoms with van der Waals surface area (Å²) in [7, 11) is 0. The Morgan fingerprint density at radius 2 is 1.88 bits per heavy atom. The molecule has 0 amide bonds. The van der Waals surface area contributed by atoms with Gasteiger partial charge in [0.05, 0.1) is 17.2 Å². The van der Waals surface area contributed by atoms with Crippen LogP contribution in [0.5, 0.6) is 0 Å². The molecule has 0 unspecified atom stereocenters. The largest absolute Gasteiger partial charge is 0.357 e. The Kier molecular flexibility index (Phi) is 10.8. The average Bonchev–Trinajstić information content (AvgIpc) is 2.72. The molecule has 2 rings (SSSR count). The van der Waals surface area contributed by atoms with E-state index in [4.69, 9.17) is 4.99 Å². The van der Waals surface area contributed by atoms with Crippen molar-refractivity contribution < 1.29 is 0 Å². The van der Waals surface area contributed by atoms with Crippen molar-refractivity contribution in [3.63, 3.8) is 0 Å². The van der Waals surface area contributed by atoms with Crippen LogP contribution < -0.4 is 10.6 Å². The van der Waals surface area contributed by atoms with Gasteiger partial charge in [0, 0.05) is 24.5 Å². The summed E-state index contributed by atoms with van der Waals surface area (Å²) < 4.78 is 0. The Morgan fingerprint density at radius 3 is 2.46 bits per heavy atom. The Labute approximate surface area is 167 Å². The third-order valence-electron chi connectivity index (χ3n) is 4.14. The summed E-state index contributed by atoms with van der Waals surface area (Å²) in [5, 5.41) is 7.92. The topological polar surface area (TPSA) is 52.6 Å². The van der Waals surface area contributed by atoms with Gasteiger partial charge in [-0.3, -0.25) is 0 Å². The predicted molar refractivity (Wildman–Crippen MR) is 115 cm³/mol. The number of thiazole rings is 1. The summed E-state index contributed by atoms with van der Waals surface area (Å²) in [5.74, 6) is 0.910. The molecule has 0 radical (unpaired) electrons. The number of halogens is 1. The van der Waals surface area contributed by atoms with Gasteiger partial charge in [0.1, 0.15) is 0 Å². The first-order valence-electron chi connectivity index (χ1n) is 8.86. The molecule has 1 aliphatic heterocycles. The molecule has 0 spiro atoms. The minimum absolute atomic E-state index is 0. The number of nitrogens with zero attached hydrogens (tertiary/aromatic N) is 3. The van der Waals surface area contributed by atoms with E-state index in [0.29, 0.717) is 6.54 Å². The normalized spacial score (nSPS) is 16.4. The van der Waals surface area contributed by atoms with Crippen LogP contribution in [0.4, 0.5) is 0 Å². The second-order valence-electron chi connectivity index (χ2n) is 6.12. The van der Waals surface area contributed by atoms with E-state index in [1.54, 1.807) is 11.3 Å². The van der Waals surface area contributed by atoms with Crippen LogP contribution in [-0.4, -0.2) is 48.6 Å². The lowest BCUT2D eigenvalue weighted by atomic mass is 10.2. The van der Waals surface area contributed by atoms with Crippen LogP contribution in [-0.2, 0) is 6.54 Å². The number of hydrogen-bond acceptors (Lipinski definition) is 4. The summed E-state index contributed by atoms with van der Waals surface area (Å²) >= 11 is 1.74. The van der Waals surface area contributed by atoms with E-state index in [1.807, 2.05) is 0 Å². The molecule has 2 heterocycles. The van der Waals surface area contributed by atoms with Gasteiger partial charge in [0.2, 0.25) is 0 Å². The molecular weight excluding hydrogens is 433 g/mol. The van der Waals surface area contributed by atoms with E-state index in [-0.39, 0.29) is 24.0 Å². The van der Waals surface area contributed by atoms with E-state index in [2.05, 4.69) is 41.3 Å². The molecule has 2 N–H and O–H groups in total. The minimum atomic E-state index is 0. The van der Waals surface area contributed by atoms with Gasteiger partial charge in [-0.25, -0.2) is 9.98 Å². The first kappa shape index (κ1) is 21.6. The molecule has 138 valence electrons. The summed E-state index contributed by atoms with van der Waals surface area (Å²) in [4.78, 5) is 13.0. The highest BCUT2D eigenvalue weighted by Crippen LogP contribution is 2.17. The number of rotatable bonds is 6. The minimum Gasteiger partial charge on any atom is -0.357 e. The zero-order valence-corrected chi connectivity index (χ0v) is 18.4. The van der Waals surface area contributed by atoms with Crippen molar-refractivity contribution in [2.45, 2.75) is 53.0 Å². The molecule has 1 aliphatic rings. The van der Waals surface area contributed by atoms with Gasteiger partial charge >= 0.3 is 0 Å². The second kappa shape index (κ2) is 12.0. The average molecular weight is 465 g/mol. The van der Waals surface area contributed by atoms with Crippen LogP contribution in [0.25, 0.3) is 0 Å². The zero-order valence-electron chi connectivity index (χ0n) is 15.2. The molecule has 0 saturated carbocycles. The summed E-state index contributed by atoms with van der Waals surface area (Å²) in [6, 6.07) is 0. The van der Waals surface area contributed by atoms with E-state index < -0.39 is 0 Å². The van der Waals surface area contributed by atoms with Gasteiger partial charge in [-0.15, -0.1) is 35.3 Å². The van der Waals surface area contributed by atoms with Crippen molar-refractivity contribution in [2.24, 2.45) is 4.99 Å². The third kappa shape index (κ3) is 7.65. The first-order valence-corrected chi connectivity index (χ1v) is 9.68. The summed E-state index contributed by atoms with van der Waals surface area (Å²) in [5.41, 5.74) is 1.11. The molecule has 7 heteroatoms. The third-order valence-corrected chi connectivity index (χ3v) is 5.20. The van der Waals surface area contributed by atoms with Crippen molar-refractivity contribution in [2.75, 3.05) is 32.7 Å². The molecule has 0 bridgehead atoms. The lowest BCUT2D eigenvalue weighted by Gasteiger charge is -2.20. The molecule has 1 aromatic heterocycles. The predicted octanol–water partition coefficient (Wildman–Crippen LogP) is 3.31. The smallest absolute Gasteiger partial charge is 0.191 e. The highest BCUT2D eigenvalue weighted by molar-refractivity contribution is 14.0. The molecule has 1 saturated heterocycles. The number of aliphatic imine (C=N–C) groups is 1. The highest BCUT2D eigenvalue weighted by atomic mass is 127. The Morgan fingerprint density at radius 1 is 1.17 bits per heavy atom. The van der Waals surface area contributed by atoms with Gasteiger partial charge in [-0.1, -0.05) is 12.8 Å². The fourth-order valence-electron chi connectivity index (χ4n) is 2.90. The molecule has 0 aliphatic carbocycles. The van der Waals surface area contributed by atoms with Crippen molar-refractivity contribution in [3.05, 3.63) is 15.6 Å². The Balaban J connectivity index is 0.00000288. The monoisotopic (exact) mass is 465 g/mol. The lowest BCUT2D eigenvalue weighted by molar-refractivity contribution is 0.289. The molecular formula is C17H32IN5S. The number of guanidine groups is 1. The standard InChI is InChI=1S/C17H31N5S.HI/c1-4-18-17(20-13-16-14(2)21-15(3)23-16)19-9-12-22-10-7-5-6-8-11-22;/h4-13H2,1-3H3,(H2,18,19,20);1H. The molecule has 24 heavy (non-hydrogen) atoms. The SMILES string of the molecule is CCNC(=NCc1sc(C)nc1C)NCCN1CCCCCC1.I. The summed E-state index contributed by atoms with van der Waals surface area (Å²) in [6.07, 6.45) is 5.47. The van der Waals surface area contributed by atoms with Crippen molar-refractivity contribution in [3.8, 4) is 0 Å². The van der Waals surface area contributed by atoms with E-state index in [9.17, 15) is 0 Å². The number of aryl methyl sites for hydroxylation is 2. The fourth-order valence-corrected chi connectivity index (χ4v) is 3.77. The molecule has 5 nitrogen and oxygen atoms in total. The maximum atomic E-state index is 4.71. The first-order chi connectivity index (χ1) is 11.2. The number of nitrogens with one attached hydrogen (secondary N) is 2. The van der Waals surface area contributed by atoms with Gasteiger partial charge in [-0.2, -0.15) is 0 Å². The maximum absolute atomic E-state index is 4.71. The van der Waals surface area contributed by atoms with Gasteiger partial charge in [0.25, 0.3) is 0 Å². The lowest BCUT2D eigenvalue weighted by Crippen LogP contribution is -2.41. The quantitative estimate of drug-likeness (QED) is 0.385. The van der Waals surface area contributed by atoms with E-state index in [0.717, 1.165) is 36.3 Å². The molecule has 1 fully saturated rings. The molecule has 0 aromatic carbocycles. The van der Waals surface area contributed by atoms with E-state index >= 15 is 0 Å². The molecule has 1 aromatic rings. The number of likely N-dealkylation sites (tertiary alicyclic amines) is 1. The Bertz CT molecular complexity index is 495. The van der Waals surface area contributed by atoms with Crippen LogP contribution in [0.3, 0.4) is 0 Å². The number of aromatic nitrogens is 1. The van der Waals surface area contributed by atoms with Crippen LogP contribution in [0.2, 0.25) is 0 Å². The zero-order chi connectivity index (χ0) is 16.5. The fraction of sp³-hybridized carbons (Fsp3) is 0.765. The van der Waals surface area contributed by atoms with Crippen molar-refractivity contribution in [1.29, 1.82) is 0 Å². The van der Waals surface area contributed by atoms with Crippen molar-refractivity contribution >= 4 is 41.3 Å². The van der Waals surface area contributed by atoms with Crippen molar-refractivity contribution in [1.82, 2.24) is 20.5 Å². The van der Waals surface area contributed by atoms with Crippen LogP contribution in [0.1, 0.15) is 48.2 Å². The maximum Gasteiger partial charge on any atom is 0.191 e. The summed E-state index contributed by atoms with van der Waals surface area (Å²) in [6.45, 7) is 12.4. The van der Waals surface area contributed by atoms with Crippen LogP contribution in [0.15, 0.2) is 4.99 Å². The van der Waals surface area contributed by atoms with Crippen LogP contribution >= 0.6 is 35.3 Å². The van der Waals surface area contributed by atoms with Crippen LogP contribution in [0, 0.1) is 13.8 Å². The highest BCUT2D eigenvalue weighted by Gasteiger charge is 2.09. The second-order valence-corrected chi connectivity index (χ2v) is 7.41. The number of hydrogen-bond donors (Lipinski definition) is 2. The van der Waals surface area contributed by atoms with Gasteiger partial charge in [-0.05, 0) is 46.7 Å².